The van der Waals surface area contributed by atoms with Crippen LogP contribution in [0.3, 0.4) is 0 Å². The number of hydrogen-bond donors (Lipinski definition) is 1. The van der Waals surface area contributed by atoms with Gasteiger partial charge in [-0.25, -0.2) is 4.68 Å². The van der Waals surface area contributed by atoms with Crippen molar-refractivity contribution in [2.24, 2.45) is 5.92 Å². The maximum atomic E-state index is 12.4. The van der Waals surface area contributed by atoms with E-state index in [1.165, 1.54) is 0 Å². The van der Waals surface area contributed by atoms with Crippen LogP contribution in [0, 0.1) is 5.92 Å². The smallest absolute Gasteiger partial charge is 0.267 e. The molecular formula is C21H26N4O3. The van der Waals surface area contributed by atoms with Crippen molar-refractivity contribution in [1.29, 1.82) is 0 Å². The summed E-state index contributed by atoms with van der Waals surface area (Å²) in [5.74, 6) is 0.229. The molecule has 1 amide bonds. The molecule has 0 atom stereocenters. The summed E-state index contributed by atoms with van der Waals surface area (Å²) < 4.78 is 6.94. The Bertz CT molecular complexity index is 853. The second-order valence-corrected chi connectivity index (χ2v) is 7.64. The normalized spacial score (nSPS) is 23.3. The molecule has 148 valence electrons. The summed E-state index contributed by atoms with van der Waals surface area (Å²) in [7, 11) is 0. The molecule has 7 heteroatoms. The Morgan fingerprint density at radius 1 is 1.07 bits per heavy atom. The number of ether oxygens (including phenoxy) is 1. The third kappa shape index (κ3) is 4.30. The van der Waals surface area contributed by atoms with Crippen LogP contribution < -0.4 is 10.9 Å². The van der Waals surface area contributed by atoms with Crippen LogP contribution in [0.2, 0.25) is 0 Å². The van der Waals surface area contributed by atoms with Crippen molar-refractivity contribution in [3.8, 4) is 11.3 Å². The molecule has 2 aromatic rings. The van der Waals surface area contributed by atoms with E-state index in [2.05, 4.69) is 15.4 Å². The van der Waals surface area contributed by atoms with Gasteiger partial charge in [0.15, 0.2) is 0 Å². The van der Waals surface area contributed by atoms with Crippen LogP contribution in [0.4, 0.5) is 0 Å². The van der Waals surface area contributed by atoms with Gasteiger partial charge in [-0.05, 0) is 56.7 Å². The maximum absolute atomic E-state index is 12.4. The number of nitrogens with one attached hydrogen (secondary N) is 1. The average Bonchev–Trinajstić information content (AvgIpc) is 2.76. The van der Waals surface area contributed by atoms with Gasteiger partial charge in [0.05, 0.1) is 11.7 Å². The topological polar surface area (TPSA) is 86.1 Å². The van der Waals surface area contributed by atoms with Gasteiger partial charge in [0, 0.05) is 49.2 Å². The summed E-state index contributed by atoms with van der Waals surface area (Å²) in [6.07, 6.45) is 8.48. The van der Waals surface area contributed by atoms with Crippen molar-refractivity contribution < 1.29 is 9.53 Å². The fraction of sp³-hybridized carbons (Fsp3) is 0.524. The number of carbonyl (C=O) groups is 1. The highest BCUT2D eigenvalue weighted by Crippen LogP contribution is 2.28. The number of hydrogen-bond acceptors (Lipinski definition) is 5. The number of rotatable bonds is 4. The zero-order chi connectivity index (χ0) is 19.3. The molecule has 1 aliphatic carbocycles. The minimum atomic E-state index is -0.0812. The lowest BCUT2D eigenvalue weighted by Crippen LogP contribution is -2.43. The predicted molar refractivity (Wildman–Crippen MR) is 105 cm³/mol. The van der Waals surface area contributed by atoms with Crippen molar-refractivity contribution in [2.75, 3.05) is 13.2 Å². The molecule has 1 N–H and O–H groups in total. The molecule has 0 radical (unpaired) electrons. The zero-order valence-corrected chi connectivity index (χ0v) is 15.9. The molecule has 0 bridgehead atoms. The van der Waals surface area contributed by atoms with Gasteiger partial charge < -0.3 is 10.1 Å². The highest BCUT2D eigenvalue weighted by molar-refractivity contribution is 5.79. The molecule has 7 nitrogen and oxygen atoms in total. The van der Waals surface area contributed by atoms with Crippen molar-refractivity contribution in [3.63, 3.8) is 0 Å². The Morgan fingerprint density at radius 2 is 1.86 bits per heavy atom. The van der Waals surface area contributed by atoms with Gasteiger partial charge in [0.1, 0.15) is 0 Å². The van der Waals surface area contributed by atoms with Gasteiger partial charge in [-0.1, -0.05) is 0 Å². The summed E-state index contributed by atoms with van der Waals surface area (Å²) >= 11 is 0. The molecule has 28 heavy (non-hydrogen) atoms. The summed E-state index contributed by atoms with van der Waals surface area (Å²) in [5, 5.41) is 7.79. The van der Waals surface area contributed by atoms with E-state index in [0.29, 0.717) is 13.2 Å². The molecule has 0 aromatic carbocycles. The molecule has 0 spiro atoms. The zero-order valence-electron chi connectivity index (χ0n) is 15.9. The summed E-state index contributed by atoms with van der Waals surface area (Å²) in [4.78, 5) is 28.9. The Morgan fingerprint density at radius 3 is 2.57 bits per heavy atom. The Balaban J connectivity index is 1.38. The largest absolute Gasteiger partial charge is 0.381 e. The third-order valence-electron chi connectivity index (χ3n) is 5.76. The SMILES string of the molecule is O=C(NC1CCC(n2nc(-c3cccnc3)ccc2=O)CC1)C1CCOCC1. The number of aromatic nitrogens is 3. The van der Waals surface area contributed by atoms with Crippen LogP contribution in [0.5, 0.6) is 0 Å². The van der Waals surface area contributed by atoms with E-state index in [-0.39, 0.29) is 29.5 Å². The van der Waals surface area contributed by atoms with Crippen molar-refractivity contribution >= 4 is 5.91 Å². The molecule has 2 aliphatic rings. The number of nitrogens with zero attached hydrogens (tertiary/aromatic N) is 3. The van der Waals surface area contributed by atoms with Crippen molar-refractivity contribution in [1.82, 2.24) is 20.1 Å². The van der Waals surface area contributed by atoms with Gasteiger partial charge in [0.2, 0.25) is 5.91 Å². The second-order valence-electron chi connectivity index (χ2n) is 7.64. The molecule has 3 heterocycles. The molecule has 2 aromatic heterocycles. The first-order valence-corrected chi connectivity index (χ1v) is 10.1. The van der Waals surface area contributed by atoms with Crippen LogP contribution >= 0.6 is 0 Å². The van der Waals surface area contributed by atoms with Gasteiger partial charge in [-0.15, -0.1) is 0 Å². The predicted octanol–water partition coefficient (Wildman–Crippen LogP) is 2.33. The fourth-order valence-electron chi connectivity index (χ4n) is 4.10. The Hall–Kier alpha value is -2.54. The van der Waals surface area contributed by atoms with Crippen LogP contribution in [-0.4, -0.2) is 39.9 Å². The van der Waals surface area contributed by atoms with E-state index in [0.717, 1.165) is 49.8 Å². The molecule has 1 saturated carbocycles. The summed E-state index contributed by atoms with van der Waals surface area (Å²) in [6, 6.07) is 7.37. The van der Waals surface area contributed by atoms with E-state index >= 15 is 0 Å². The van der Waals surface area contributed by atoms with Gasteiger partial charge in [-0.3, -0.25) is 14.6 Å². The maximum Gasteiger partial charge on any atom is 0.267 e. The van der Waals surface area contributed by atoms with Crippen LogP contribution in [-0.2, 0) is 9.53 Å². The first kappa shape index (κ1) is 18.8. The van der Waals surface area contributed by atoms with Crippen molar-refractivity contribution in [3.05, 3.63) is 47.0 Å². The second kappa shape index (κ2) is 8.65. The van der Waals surface area contributed by atoms with E-state index < -0.39 is 0 Å². The molecule has 1 saturated heterocycles. The van der Waals surface area contributed by atoms with Gasteiger partial charge in [0.25, 0.3) is 5.56 Å². The fourth-order valence-corrected chi connectivity index (χ4v) is 4.10. The van der Waals surface area contributed by atoms with E-state index in [1.54, 1.807) is 29.2 Å². The van der Waals surface area contributed by atoms with Crippen molar-refractivity contribution in [2.45, 2.75) is 50.6 Å². The molecule has 0 unspecified atom stereocenters. The molecule has 4 rings (SSSR count). The van der Waals surface area contributed by atoms with Crippen LogP contribution in [0.25, 0.3) is 11.3 Å². The summed E-state index contributed by atoms with van der Waals surface area (Å²) in [6.45, 7) is 1.35. The lowest BCUT2D eigenvalue weighted by atomic mass is 9.90. The number of carbonyl (C=O) groups excluding carboxylic acids is 1. The minimum absolute atomic E-state index is 0.0698. The lowest BCUT2D eigenvalue weighted by molar-refractivity contribution is -0.128. The lowest BCUT2D eigenvalue weighted by Gasteiger charge is -2.31. The molecule has 1 aliphatic heterocycles. The van der Waals surface area contributed by atoms with E-state index in [1.807, 2.05) is 12.1 Å². The monoisotopic (exact) mass is 382 g/mol. The first-order valence-electron chi connectivity index (χ1n) is 10.1. The number of amides is 1. The molecular weight excluding hydrogens is 356 g/mol. The van der Waals surface area contributed by atoms with Crippen LogP contribution in [0.15, 0.2) is 41.5 Å². The van der Waals surface area contributed by atoms with E-state index in [4.69, 9.17) is 4.74 Å². The van der Waals surface area contributed by atoms with E-state index in [9.17, 15) is 9.59 Å². The first-order chi connectivity index (χ1) is 13.7. The van der Waals surface area contributed by atoms with Gasteiger partial charge >= 0.3 is 0 Å². The van der Waals surface area contributed by atoms with Gasteiger partial charge in [-0.2, -0.15) is 5.10 Å². The Labute approximate surface area is 164 Å². The molecule has 2 fully saturated rings. The third-order valence-corrected chi connectivity index (χ3v) is 5.76. The number of pyridine rings is 1. The Kier molecular flexibility index (Phi) is 5.81. The quantitative estimate of drug-likeness (QED) is 0.877. The highest BCUT2D eigenvalue weighted by atomic mass is 16.5. The summed E-state index contributed by atoms with van der Waals surface area (Å²) in [5.41, 5.74) is 1.57. The average molecular weight is 382 g/mol. The van der Waals surface area contributed by atoms with Crippen LogP contribution in [0.1, 0.15) is 44.6 Å². The highest BCUT2D eigenvalue weighted by Gasteiger charge is 2.28. The standard InChI is InChI=1S/C21H26N4O3/c26-20-8-7-19(16-2-1-11-22-14-16)24-25(20)18-5-3-17(4-6-18)23-21(27)15-9-12-28-13-10-15/h1-2,7-8,11,14-15,17-18H,3-6,9-10,12-13H2,(H,23,27). The minimum Gasteiger partial charge on any atom is -0.381 e.